The monoisotopic (exact) mass is 236 g/mol. The Morgan fingerprint density at radius 3 is 2.71 bits per heavy atom. The summed E-state index contributed by atoms with van der Waals surface area (Å²) in [6.07, 6.45) is 5.40. The van der Waals surface area contributed by atoms with Gasteiger partial charge in [-0.25, -0.2) is 0 Å². The summed E-state index contributed by atoms with van der Waals surface area (Å²) in [5.74, 6) is -0.000683. The van der Waals surface area contributed by atoms with Gasteiger partial charge in [0.05, 0.1) is 6.10 Å². The van der Waals surface area contributed by atoms with Gasteiger partial charge in [-0.05, 0) is 45.6 Å². The van der Waals surface area contributed by atoms with Crippen LogP contribution in [0, 0.1) is 5.92 Å². The number of allylic oxidation sites excluding steroid dienone is 3. The highest BCUT2D eigenvalue weighted by molar-refractivity contribution is 5.19. The maximum absolute atomic E-state index is 10.0. The molecule has 0 aromatic rings. The van der Waals surface area contributed by atoms with Crippen molar-refractivity contribution in [1.82, 2.24) is 0 Å². The number of hydrogen-bond donors (Lipinski definition) is 2. The molecule has 2 N–H and O–H groups in total. The van der Waals surface area contributed by atoms with Gasteiger partial charge in [-0.15, -0.1) is 0 Å². The predicted octanol–water partition coefficient (Wildman–Crippen LogP) is 2.98. The van der Waals surface area contributed by atoms with Crippen LogP contribution in [-0.4, -0.2) is 22.4 Å². The van der Waals surface area contributed by atoms with Gasteiger partial charge in [0.25, 0.3) is 0 Å². The Balaban J connectivity index is 2.56. The van der Waals surface area contributed by atoms with E-state index in [0.717, 1.165) is 30.4 Å². The van der Waals surface area contributed by atoms with Crippen LogP contribution in [0.5, 0.6) is 0 Å². The first-order valence-corrected chi connectivity index (χ1v) is 6.27. The topological polar surface area (TPSA) is 40.5 Å². The maximum atomic E-state index is 10.0. The van der Waals surface area contributed by atoms with Crippen LogP contribution in [0.2, 0.25) is 0 Å². The van der Waals surface area contributed by atoms with Gasteiger partial charge < -0.3 is 10.2 Å². The summed E-state index contributed by atoms with van der Waals surface area (Å²) in [4.78, 5) is 0. The molecule has 0 bridgehead atoms. The molecule has 0 spiro atoms. The largest absolute Gasteiger partial charge is 0.389 e. The Morgan fingerprint density at radius 1 is 1.47 bits per heavy atom. The highest BCUT2D eigenvalue weighted by Gasteiger charge is 2.31. The Labute approximate surface area is 104 Å². The molecule has 1 aliphatic rings. The zero-order chi connectivity index (χ0) is 13.0. The summed E-state index contributed by atoms with van der Waals surface area (Å²) in [6, 6.07) is 0. The van der Waals surface area contributed by atoms with Crippen LogP contribution in [-0.2, 0) is 0 Å². The van der Waals surface area contributed by atoms with Crippen LogP contribution in [0.4, 0.5) is 0 Å². The summed E-state index contributed by atoms with van der Waals surface area (Å²) in [7, 11) is 0. The third-order valence-electron chi connectivity index (χ3n) is 3.44. The Hall–Kier alpha value is -0.860. The molecule has 1 aliphatic carbocycles. The molecule has 1 rings (SSSR count). The van der Waals surface area contributed by atoms with Gasteiger partial charge in [-0.2, -0.15) is 0 Å². The van der Waals surface area contributed by atoms with Crippen LogP contribution >= 0.6 is 0 Å². The molecule has 0 aromatic heterocycles. The normalized spacial score (nSPS) is 28.5. The second-order valence-electron chi connectivity index (χ2n) is 5.20. The zero-order valence-electron chi connectivity index (χ0n) is 11.1. The van der Waals surface area contributed by atoms with E-state index < -0.39 is 12.2 Å². The number of rotatable bonds is 4. The first-order valence-electron chi connectivity index (χ1n) is 6.27. The molecule has 17 heavy (non-hydrogen) atoms. The minimum Gasteiger partial charge on any atom is -0.389 e. The summed E-state index contributed by atoms with van der Waals surface area (Å²) >= 11 is 0. The van der Waals surface area contributed by atoms with Gasteiger partial charge in [-0.1, -0.05) is 29.9 Å². The highest BCUT2D eigenvalue weighted by Crippen LogP contribution is 2.31. The van der Waals surface area contributed by atoms with Gasteiger partial charge in [0, 0.05) is 5.92 Å². The third kappa shape index (κ3) is 3.83. The fourth-order valence-corrected chi connectivity index (χ4v) is 2.20. The van der Waals surface area contributed by atoms with Crippen molar-refractivity contribution < 1.29 is 10.2 Å². The van der Waals surface area contributed by atoms with Crippen molar-refractivity contribution in [2.75, 3.05) is 0 Å². The molecule has 96 valence electrons. The molecule has 0 aromatic carbocycles. The van der Waals surface area contributed by atoms with E-state index in [4.69, 9.17) is 0 Å². The lowest BCUT2D eigenvalue weighted by Gasteiger charge is -2.32. The molecular weight excluding hydrogens is 212 g/mol. The molecule has 0 aliphatic heterocycles. The van der Waals surface area contributed by atoms with Crippen molar-refractivity contribution in [3.05, 3.63) is 35.5 Å². The van der Waals surface area contributed by atoms with E-state index in [9.17, 15) is 10.2 Å². The molecule has 0 saturated heterocycles. The van der Waals surface area contributed by atoms with Crippen LogP contribution in [0.15, 0.2) is 35.5 Å². The fourth-order valence-electron chi connectivity index (χ4n) is 2.20. The van der Waals surface area contributed by atoms with Gasteiger partial charge in [0.2, 0.25) is 0 Å². The average Bonchev–Trinajstić information content (AvgIpc) is 2.25. The van der Waals surface area contributed by atoms with Gasteiger partial charge >= 0.3 is 0 Å². The molecule has 2 heteroatoms. The fraction of sp³-hybridized carbons (Fsp3) is 0.600. The zero-order valence-corrected chi connectivity index (χ0v) is 11.1. The average molecular weight is 236 g/mol. The lowest BCUT2D eigenvalue weighted by Crippen LogP contribution is -2.37. The van der Waals surface area contributed by atoms with E-state index in [1.165, 1.54) is 5.57 Å². The maximum Gasteiger partial charge on any atom is 0.101 e. The third-order valence-corrected chi connectivity index (χ3v) is 3.44. The lowest BCUT2D eigenvalue weighted by molar-refractivity contribution is 0.00537. The van der Waals surface area contributed by atoms with E-state index in [1.807, 2.05) is 13.0 Å². The highest BCUT2D eigenvalue weighted by atomic mass is 16.3. The molecular formula is C15H24O2. The Morgan fingerprint density at radius 2 is 2.12 bits per heavy atom. The summed E-state index contributed by atoms with van der Waals surface area (Å²) in [6.45, 7) is 10.1. The van der Waals surface area contributed by atoms with E-state index in [0.29, 0.717) is 0 Å². The van der Waals surface area contributed by atoms with Crippen molar-refractivity contribution in [2.45, 2.75) is 52.2 Å². The Bertz CT molecular complexity index is 335. The van der Waals surface area contributed by atoms with E-state index >= 15 is 0 Å². The quantitative estimate of drug-likeness (QED) is 0.737. The standard InChI is InChI=1S/C15H24O2/c1-10(2)6-5-7-11(3)13-9-8-12(4)14(16)15(13)17/h6,8,13-17H,3,5,7,9H2,1-2,4H3/t13-,14+,15-/m0/s1. The first-order chi connectivity index (χ1) is 7.93. The van der Waals surface area contributed by atoms with Crippen LogP contribution in [0.1, 0.15) is 40.0 Å². The number of aliphatic hydroxyl groups is 2. The van der Waals surface area contributed by atoms with Crippen molar-refractivity contribution in [1.29, 1.82) is 0 Å². The molecule has 0 unspecified atom stereocenters. The molecule has 0 heterocycles. The van der Waals surface area contributed by atoms with Crippen LogP contribution in [0.25, 0.3) is 0 Å². The molecule has 0 amide bonds. The van der Waals surface area contributed by atoms with Crippen molar-refractivity contribution in [3.63, 3.8) is 0 Å². The smallest absolute Gasteiger partial charge is 0.101 e. The SMILES string of the molecule is C=C(CCC=C(C)C)[C@@H]1CC=C(C)[C@@H](O)[C@H]1O. The predicted molar refractivity (Wildman–Crippen MR) is 71.7 cm³/mol. The van der Waals surface area contributed by atoms with Gasteiger partial charge in [-0.3, -0.25) is 0 Å². The second-order valence-corrected chi connectivity index (χ2v) is 5.20. The van der Waals surface area contributed by atoms with Gasteiger partial charge in [0.15, 0.2) is 0 Å². The van der Waals surface area contributed by atoms with E-state index in [1.54, 1.807) is 0 Å². The molecule has 0 radical (unpaired) electrons. The summed E-state index contributed by atoms with van der Waals surface area (Å²) in [5.41, 5.74) is 3.21. The first kappa shape index (κ1) is 14.2. The molecule has 0 fully saturated rings. The molecule has 2 nitrogen and oxygen atoms in total. The number of hydrogen-bond acceptors (Lipinski definition) is 2. The van der Waals surface area contributed by atoms with Crippen LogP contribution in [0.3, 0.4) is 0 Å². The Kier molecular flexibility index (Phi) is 5.16. The van der Waals surface area contributed by atoms with E-state index in [2.05, 4.69) is 26.5 Å². The van der Waals surface area contributed by atoms with Gasteiger partial charge in [0.1, 0.15) is 6.10 Å². The second kappa shape index (κ2) is 6.18. The van der Waals surface area contributed by atoms with Crippen molar-refractivity contribution >= 4 is 0 Å². The minimum absolute atomic E-state index is 0.000683. The summed E-state index contributed by atoms with van der Waals surface area (Å²) in [5, 5.41) is 19.8. The molecule has 0 saturated carbocycles. The van der Waals surface area contributed by atoms with Crippen molar-refractivity contribution in [3.8, 4) is 0 Å². The van der Waals surface area contributed by atoms with Crippen LogP contribution < -0.4 is 0 Å². The number of aliphatic hydroxyl groups excluding tert-OH is 2. The minimum atomic E-state index is -0.728. The molecule has 3 atom stereocenters. The lowest BCUT2D eigenvalue weighted by atomic mass is 9.80. The summed E-state index contributed by atoms with van der Waals surface area (Å²) < 4.78 is 0. The van der Waals surface area contributed by atoms with Crippen molar-refractivity contribution in [2.24, 2.45) is 5.92 Å². The van der Waals surface area contributed by atoms with E-state index in [-0.39, 0.29) is 5.92 Å².